The standard InChI is InChI=1S/C29H36O2/c1-22(12-8-9-13-23(2)16-11-17-26(5)30)14-10-15-24(3)18-19-28-25(4)20-27(31)21-29(28,6)7/h8-20H,21H2,1-7H3/b12-8+,13-9+,15-10+,17-11+,22-14+,23-16+,24-18+,28-19+. The predicted octanol–water partition coefficient (Wildman–Crippen LogP) is 7.51. The normalized spacial score (nSPS) is 20.1. The van der Waals surface area contributed by atoms with Crippen molar-refractivity contribution in [3.05, 3.63) is 107 Å². The Kier molecular flexibility index (Phi) is 10.6. The topological polar surface area (TPSA) is 34.1 Å². The van der Waals surface area contributed by atoms with Gasteiger partial charge in [-0.3, -0.25) is 9.59 Å². The minimum absolute atomic E-state index is 0.0461. The van der Waals surface area contributed by atoms with E-state index in [2.05, 4.69) is 58.1 Å². The summed E-state index contributed by atoms with van der Waals surface area (Å²) in [6, 6.07) is 0. The molecular formula is C29H36O2. The molecule has 0 aromatic heterocycles. The van der Waals surface area contributed by atoms with Crippen molar-refractivity contribution in [3.8, 4) is 0 Å². The summed E-state index contributed by atoms with van der Waals surface area (Å²) in [5.41, 5.74) is 5.54. The number of allylic oxidation sites excluding steroid dienone is 18. The van der Waals surface area contributed by atoms with E-state index in [-0.39, 0.29) is 17.0 Å². The summed E-state index contributed by atoms with van der Waals surface area (Å²) in [4.78, 5) is 22.7. The maximum absolute atomic E-state index is 11.8. The van der Waals surface area contributed by atoms with Crippen molar-refractivity contribution in [1.29, 1.82) is 0 Å². The van der Waals surface area contributed by atoms with Crippen molar-refractivity contribution in [1.82, 2.24) is 0 Å². The van der Waals surface area contributed by atoms with Crippen molar-refractivity contribution in [2.45, 2.75) is 54.9 Å². The van der Waals surface area contributed by atoms with Crippen molar-refractivity contribution in [3.63, 3.8) is 0 Å². The third kappa shape index (κ3) is 10.5. The van der Waals surface area contributed by atoms with E-state index in [4.69, 9.17) is 0 Å². The summed E-state index contributed by atoms with van der Waals surface area (Å²) in [5, 5.41) is 0. The molecule has 164 valence electrons. The first-order valence-electron chi connectivity index (χ1n) is 10.7. The van der Waals surface area contributed by atoms with E-state index in [1.807, 2.05) is 44.2 Å². The van der Waals surface area contributed by atoms with Crippen LogP contribution in [-0.2, 0) is 9.59 Å². The van der Waals surface area contributed by atoms with Crippen LogP contribution < -0.4 is 0 Å². The molecule has 0 unspecified atom stereocenters. The Labute approximate surface area is 188 Å². The first kappa shape index (κ1) is 26.0. The van der Waals surface area contributed by atoms with Crippen LogP contribution in [0.5, 0.6) is 0 Å². The Morgan fingerprint density at radius 2 is 1.29 bits per heavy atom. The minimum atomic E-state index is -0.123. The van der Waals surface area contributed by atoms with Crippen LogP contribution in [0.2, 0.25) is 0 Å². The Morgan fingerprint density at radius 1 is 0.806 bits per heavy atom. The van der Waals surface area contributed by atoms with Gasteiger partial charge in [0.25, 0.3) is 0 Å². The molecule has 0 saturated carbocycles. The van der Waals surface area contributed by atoms with Crippen molar-refractivity contribution >= 4 is 11.6 Å². The van der Waals surface area contributed by atoms with Crippen LogP contribution >= 0.6 is 0 Å². The second-order valence-corrected chi connectivity index (χ2v) is 8.71. The summed E-state index contributed by atoms with van der Waals surface area (Å²) in [5.74, 6) is 0.254. The molecule has 2 heteroatoms. The van der Waals surface area contributed by atoms with Crippen LogP contribution in [0.25, 0.3) is 0 Å². The number of hydrogen-bond donors (Lipinski definition) is 0. The molecule has 2 nitrogen and oxygen atoms in total. The number of carbonyl (C=O) groups is 2. The molecule has 0 aliphatic heterocycles. The second kappa shape index (κ2) is 12.6. The van der Waals surface area contributed by atoms with Gasteiger partial charge in [0.05, 0.1) is 0 Å². The molecule has 0 bridgehead atoms. The van der Waals surface area contributed by atoms with E-state index in [0.29, 0.717) is 6.42 Å². The molecule has 0 fully saturated rings. The molecule has 0 amide bonds. The van der Waals surface area contributed by atoms with Crippen LogP contribution in [0.15, 0.2) is 107 Å². The fourth-order valence-electron chi connectivity index (χ4n) is 3.28. The van der Waals surface area contributed by atoms with E-state index in [9.17, 15) is 9.59 Å². The minimum Gasteiger partial charge on any atom is -0.295 e. The molecule has 0 radical (unpaired) electrons. The second-order valence-electron chi connectivity index (χ2n) is 8.71. The van der Waals surface area contributed by atoms with Gasteiger partial charge in [0.1, 0.15) is 0 Å². The monoisotopic (exact) mass is 416 g/mol. The first-order chi connectivity index (χ1) is 14.5. The molecule has 1 rings (SSSR count). The van der Waals surface area contributed by atoms with Gasteiger partial charge in [-0.2, -0.15) is 0 Å². The van der Waals surface area contributed by atoms with E-state index in [0.717, 1.165) is 22.3 Å². The van der Waals surface area contributed by atoms with Gasteiger partial charge in [-0.25, -0.2) is 0 Å². The molecule has 31 heavy (non-hydrogen) atoms. The van der Waals surface area contributed by atoms with E-state index >= 15 is 0 Å². The molecule has 1 aliphatic carbocycles. The van der Waals surface area contributed by atoms with Crippen LogP contribution in [0.1, 0.15) is 54.9 Å². The highest BCUT2D eigenvalue weighted by Gasteiger charge is 2.30. The molecular weight excluding hydrogens is 380 g/mol. The van der Waals surface area contributed by atoms with Crippen molar-refractivity contribution < 1.29 is 9.59 Å². The highest BCUT2D eigenvalue weighted by molar-refractivity contribution is 5.93. The Bertz CT molecular complexity index is 949. The number of ketones is 2. The number of rotatable bonds is 8. The molecule has 0 spiro atoms. The van der Waals surface area contributed by atoms with Gasteiger partial charge >= 0.3 is 0 Å². The number of carbonyl (C=O) groups excluding carboxylic acids is 2. The van der Waals surface area contributed by atoms with Gasteiger partial charge in [0.2, 0.25) is 0 Å². The lowest BCUT2D eigenvalue weighted by Gasteiger charge is -2.31. The average Bonchev–Trinajstić information content (AvgIpc) is 2.63. The molecule has 0 saturated heterocycles. The highest BCUT2D eigenvalue weighted by Crippen LogP contribution is 2.39. The fourth-order valence-corrected chi connectivity index (χ4v) is 3.28. The van der Waals surface area contributed by atoms with Gasteiger partial charge < -0.3 is 0 Å². The smallest absolute Gasteiger partial charge is 0.156 e. The van der Waals surface area contributed by atoms with Crippen molar-refractivity contribution in [2.24, 2.45) is 5.41 Å². The maximum Gasteiger partial charge on any atom is 0.156 e. The zero-order chi connectivity index (χ0) is 23.4. The molecule has 0 atom stereocenters. The lowest BCUT2D eigenvalue weighted by molar-refractivity contribution is -0.116. The largest absolute Gasteiger partial charge is 0.295 e. The lowest BCUT2D eigenvalue weighted by Crippen LogP contribution is -2.24. The summed E-state index contributed by atoms with van der Waals surface area (Å²) in [6.07, 6.45) is 26.0. The Balaban J connectivity index is 2.72. The van der Waals surface area contributed by atoms with E-state index < -0.39 is 0 Å². The van der Waals surface area contributed by atoms with Crippen LogP contribution in [0, 0.1) is 5.41 Å². The fraction of sp³-hybridized carbons (Fsp3) is 0.310. The van der Waals surface area contributed by atoms with Gasteiger partial charge in [-0.1, -0.05) is 97.4 Å². The number of hydrogen-bond acceptors (Lipinski definition) is 2. The van der Waals surface area contributed by atoms with Gasteiger partial charge in [-0.15, -0.1) is 0 Å². The SMILES string of the molecule is CC(=O)/C=C/C=C(C)/C=C/C=C/C(C)=C/C=C/C(C)=C/C=C1\C(C)=CC(=O)CC1(C)C. The van der Waals surface area contributed by atoms with Crippen LogP contribution in [-0.4, -0.2) is 11.6 Å². The van der Waals surface area contributed by atoms with E-state index in [1.54, 1.807) is 18.2 Å². The molecule has 0 aromatic carbocycles. The molecule has 0 heterocycles. The molecule has 1 aliphatic rings. The third-order valence-electron chi connectivity index (χ3n) is 4.90. The van der Waals surface area contributed by atoms with Gasteiger partial charge in [0, 0.05) is 6.42 Å². The quantitative estimate of drug-likeness (QED) is 0.303. The molecule has 0 N–H and O–H groups in total. The summed E-state index contributed by atoms with van der Waals surface area (Å²) in [7, 11) is 0. The maximum atomic E-state index is 11.8. The van der Waals surface area contributed by atoms with Crippen LogP contribution in [0.3, 0.4) is 0 Å². The zero-order valence-corrected chi connectivity index (χ0v) is 20.0. The molecule has 0 aromatic rings. The van der Waals surface area contributed by atoms with Gasteiger partial charge in [-0.05, 0) is 63.3 Å². The lowest BCUT2D eigenvalue weighted by atomic mass is 9.72. The average molecular weight is 417 g/mol. The van der Waals surface area contributed by atoms with E-state index in [1.165, 1.54) is 12.5 Å². The summed E-state index contributed by atoms with van der Waals surface area (Å²) >= 11 is 0. The predicted molar refractivity (Wildman–Crippen MR) is 134 cm³/mol. The summed E-state index contributed by atoms with van der Waals surface area (Å²) in [6.45, 7) is 13.9. The van der Waals surface area contributed by atoms with Crippen molar-refractivity contribution in [2.75, 3.05) is 0 Å². The summed E-state index contributed by atoms with van der Waals surface area (Å²) < 4.78 is 0. The highest BCUT2D eigenvalue weighted by atomic mass is 16.1. The Morgan fingerprint density at radius 3 is 1.81 bits per heavy atom. The zero-order valence-electron chi connectivity index (χ0n) is 20.0. The Hall–Kier alpha value is -3.00. The first-order valence-corrected chi connectivity index (χ1v) is 10.7. The van der Waals surface area contributed by atoms with Gasteiger partial charge in [0.15, 0.2) is 11.6 Å². The third-order valence-corrected chi connectivity index (χ3v) is 4.90. The van der Waals surface area contributed by atoms with Crippen LogP contribution in [0.4, 0.5) is 0 Å².